The van der Waals surface area contributed by atoms with E-state index in [1.807, 2.05) is 42.5 Å². The van der Waals surface area contributed by atoms with Crippen LogP contribution in [-0.2, 0) is 6.42 Å². The molecule has 1 aliphatic carbocycles. The van der Waals surface area contributed by atoms with Crippen molar-refractivity contribution in [2.75, 3.05) is 20.8 Å². The average Bonchev–Trinajstić information content (AvgIpc) is 3.46. The molecule has 0 bridgehead atoms. The van der Waals surface area contributed by atoms with Gasteiger partial charge in [0.1, 0.15) is 17.8 Å². The third-order valence-corrected chi connectivity index (χ3v) is 6.51. The molecule has 8 nitrogen and oxygen atoms in total. The molecule has 178 valence electrons. The molecule has 4 aromatic rings. The van der Waals surface area contributed by atoms with Crippen LogP contribution in [0.5, 0.6) is 11.5 Å². The minimum absolute atomic E-state index is 0.147. The second-order valence-electron chi connectivity index (χ2n) is 8.59. The summed E-state index contributed by atoms with van der Waals surface area (Å²) in [5, 5.41) is 14.6. The minimum atomic E-state index is -0.147. The van der Waals surface area contributed by atoms with Gasteiger partial charge in [0.05, 0.1) is 19.9 Å². The Morgan fingerprint density at radius 3 is 2.77 bits per heavy atom. The Balaban J connectivity index is 1.44. The van der Waals surface area contributed by atoms with E-state index in [4.69, 9.17) is 9.47 Å². The standard InChI is InChI=1S/C27H27N5O3/c1-34-23-11-10-18-6-5-7-19(25(18)15-23)16-28-27(33)21-12-20(24-8-3-4-9-26(24)35-2)13-22(14-21)32-17-29-30-31-32/h3-4,8-15,17,19H,5-7,16H2,1-2H3,(H,28,33). The summed E-state index contributed by atoms with van der Waals surface area (Å²) < 4.78 is 12.5. The first-order chi connectivity index (χ1) is 17.2. The molecular weight excluding hydrogens is 442 g/mol. The second-order valence-corrected chi connectivity index (χ2v) is 8.59. The molecule has 3 aromatic carbocycles. The zero-order valence-corrected chi connectivity index (χ0v) is 19.8. The van der Waals surface area contributed by atoms with E-state index in [0.29, 0.717) is 17.8 Å². The van der Waals surface area contributed by atoms with Gasteiger partial charge in [-0.05, 0) is 82.8 Å². The van der Waals surface area contributed by atoms with Gasteiger partial charge in [0, 0.05) is 23.6 Å². The lowest BCUT2D eigenvalue weighted by Gasteiger charge is -2.26. The summed E-state index contributed by atoms with van der Waals surface area (Å²) in [7, 11) is 3.31. The van der Waals surface area contributed by atoms with Crippen LogP contribution in [0.15, 0.2) is 67.0 Å². The highest BCUT2D eigenvalue weighted by molar-refractivity contribution is 5.96. The molecule has 0 radical (unpaired) electrons. The number of tetrazole rings is 1. The van der Waals surface area contributed by atoms with Crippen molar-refractivity contribution >= 4 is 5.91 Å². The van der Waals surface area contributed by atoms with E-state index in [9.17, 15) is 4.79 Å². The molecule has 1 aromatic heterocycles. The Hall–Kier alpha value is -4.20. The van der Waals surface area contributed by atoms with Crippen LogP contribution in [0.1, 0.15) is 40.2 Å². The Bertz CT molecular complexity index is 1340. The summed E-state index contributed by atoms with van der Waals surface area (Å²) in [6.07, 6.45) is 4.69. The van der Waals surface area contributed by atoms with Crippen LogP contribution in [0.2, 0.25) is 0 Å². The molecule has 1 N–H and O–H groups in total. The molecule has 1 aliphatic rings. The van der Waals surface area contributed by atoms with Crippen molar-refractivity contribution in [3.8, 4) is 28.3 Å². The van der Waals surface area contributed by atoms with Crippen molar-refractivity contribution in [1.82, 2.24) is 25.5 Å². The number of ether oxygens (including phenoxy) is 2. The number of nitrogens with zero attached hydrogens (tertiary/aromatic N) is 4. The van der Waals surface area contributed by atoms with Gasteiger partial charge in [0.25, 0.3) is 5.91 Å². The highest BCUT2D eigenvalue weighted by Crippen LogP contribution is 2.34. The van der Waals surface area contributed by atoms with E-state index in [-0.39, 0.29) is 11.8 Å². The Morgan fingerprint density at radius 1 is 1.09 bits per heavy atom. The number of carbonyl (C=O) groups is 1. The van der Waals surface area contributed by atoms with Crippen molar-refractivity contribution in [1.29, 1.82) is 0 Å². The number of amides is 1. The lowest BCUT2D eigenvalue weighted by atomic mass is 9.82. The molecule has 0 saturated carbocycles. The predicted molar refractivity (Wildman–Crippen MR) is 132 cm³/mol. The zero-order chi connectivity index (χ0) is 24.2. The molecule has 1 heterocycles. The number of benzene rings is 3. The number of methoxy groups -OCH3 is 2. The number of aromatic nitrogens is 4. The normalized spacial score (nSPS) is 14.7. The number of nitrogens with one attached hydrogen (secondary N) is 1. The van der Waals surface area contributed by atoms with Crippen molar-refractivity contribution in [3.05, 3.63) is 83.7 Å². The highest BCUT2D eigenvalue weighted by atomic mass is 16.5. The number of carbonyl (C=O) groups excluding carboxylic acids is 1. The van der Waals surface area contributed by atoms with Crippen LogP contribution < -0.4 is 14.8 Å². The summed E-state index contributed by atoms with van der Waals surface area (Å²) in [6.45, 7) is 0.554. The van der Waals surface area contributed by atoms with Gasteiger partial charge in [0.2, 0.25) is 0 Å². The van der Waals surface area contributed by atoms with Crippen LogP contribution in [0.4, 0.5) is 0 Å². The first-order valence-corrected chi connectivity index (χ1v) is 11.6. The molecule has 8 heteroatoms. The molecule has 0 aliphatic heterocycles. The Labute approximate surface area is 203 Å². The SMILES string of the molecule is COc1ccc2c(c1)C(CNC(=O)c1cc(-c3ccccc3OC)cc(-n3cnnn3)c1)CCC2. The first kappa shape index (κ1) is 22.6. The van der Waals surface area contributed by atoms with Gasteiger partial charge in [-0.2, -0.15) is 0 Å². The van der Waals surface area contributed by atoms with Gasteiger partial charge in [-0.1, -0.05) is 24.3 Å². The number of para-hydroxylation sites is 1. The molecule has 1 amide bonds. The molecule has 0 spiro atoms. The van der Waals surface area contributed by atoms with E-state index in [0.717, 1.165) is 41.9 Å². The van der Waals surface area contributed by atoms with Crippen LogP contribution in [0.3, 0.4) is 0 Å². The third-order valence-electron chi connectivity index (χ3n) is 6.51. The topological polar surface area (TPSA) is 91.2 Å². The number of rotatable bonds is 7. The van der Waals surface area contributed by atoms with Crippen molar-refractivity contribution in [2.24, 2.45) is 0 Å². The lowest BCUT2D eigenvalue weighted by Crippen LogP contribution is -2.30. The van der Waals surface area contributed by atoms with Gasteiger partial charge >= 0.3 is 0 Å². The monoisotopic (exact) mass is 469 g/mol. The quantitative estimate of drug-likeness (QED) is 0.436. The van der Waals surface area contributed by atoms with Gasteiger partial charge < -0.3 is 14.8 Å². The molecule has 0 saturated heterocycles. The predicted octanol–water partition coefficient (Wildman–Crippen LogP) is 4.20. The summed E-state index contributed by atoms with van der Waals surface area (Å²) in [6, 6.07) is 19.6. The third kappa shape index (κ3) is 4.73. The van der Waals surface area contributed by atoms with Crippen molar-refractivity contribution < 1.29 is 14.3 Å². The maximum absolute atomic E-state index is 13.4. The van der Waals surface area contributed by atoms with Gasteiger partial charge in [-0.3, -0.25) is 4.79 Å². The first-order valence-electron chi connectivity index (χ1n) is 11.6. The summed E-state index contributed by atoms with van der Waals surface area (Å²) in [5.41, 5.74) is 5.53. The summed E-state index contributed by atoms with van der Waals surface area (Å²) in [4.78, 5) is 13.4. The summed E-state index contributed by atoms with van der Waals surface area (Å²) in [5.74, 6) is 1.67. The highest BCUT2D eigenvalue weighted by Gasteiger charge is 2.22. The lowest BCUT2D eigenvalue weighted by molar-refractivity contribution is 0.0950. The maximum Gasteiger partial charge on any atom is 0.251 e. The van der Waals surface area contributed by atoms with Crippen molar-refractivity contribution in [2.45, 2.75) is 25.2 Å². The average molecular weight is 470 g/mol. The fraction of sp³-hybridized carbons (Fsp3) is 0.259. The van der Waals surface area contributed by atoms with Gasteiger partial charge in [-0.15, -0.1) is 5.10 Å². The molecule has 5 rings (SSSR count). The summed E-state index contributed by atoms with van der Waals surface area (Å²) >= 11 is 0. The second kappa shape index (κ2) is 9.97. The molecule has 35 heavy (non-hydrogen) atoms. The largest absolute Gasteiger partial charge is 0.497 e. The molecular formula is C27H27N5O3. The molecule has 1 unspecified atom stereocenters. The van der Waals surface area contributed by atoms with Crippen LogP contribution in [0.25, 0.3) is 16.8 Å². The number of aryl methyl sites for hydroxylation is 1. The van der Waals surface area contributed by atoms with E-state index >= 15 is 0 Å². The fourth-order valence-corrected chi connectivity index (χ4v) is 4.72. The van der Waals surface area contributed by atoms with Crippen LogP contribution in [-0.4, -0.2) is 46.9 Å². The van der Waals surface area contributed by atoms with Crippen LogP contribution >= 0.6 is 0 Å². The van der Waals surface area contributed by atoms with E-state index in [2.05, 4.69) is 33.0 Å². The minimum Gasteiger partial charge on any atom is -0.497 e. The van der Waals surface area contributed by atoms with Crippen molar-refractivity contribution in [3.63, 3.8) is 0 Å². The van der Waals surface area contributed by atoms with Gasteiger partial charge in [-0.25, -0.2) is 4.68 Å². The Kier molecular flexibility index (Phi) is 6.43. The number of fused-ring (bicyclic) bond motifs is 1. The Morgan fingerprint density at radius 2 is 1.97 bits per heavy atom. The van der Waals surface area contributed by atoms with Gasteiger partial charge in [0.15, 0.2) is 0 Å². The maximum atomic E-state index is 13.4. The van der Waals surface area contributed by atoms with Crippen LogP contribution in [0, 0.1) is 0 Å². The van der Waals surface area contributed by atoms with E-state index in [1.54, 1.807) is 25.0 Å². The van der Waals surface area contributed by atoms with E-state index in [1.165, 1.54) is 17.5 Å². The number of hydrogen-bond acceptors (Lipinski definition) is 6. The number of hydrogen-bond donors (Lipinski definition) is 1. The smallest absolute Gasteiger partial charge is 0.251 e. The fourth-order valence-electron chi connectivity index (χ4n) is 4.72. The molecule has 0 fully saturated rings. The molecule has 1 atom stereocenters. The zero-order valence-electron chi connectivity index (χ0n) is 19.8. The van der Waals surface area contributed by atoms with E-state index < -0.39 is 0 Å².